The molecule has 0 bridgehead atoms. The molecule has 0 spiro atoms. The van der Waals surface area contributed by atoms with Gasteiger partial charge in [0.2, 0.25) is 0 Å². The van der Waals surface area contributed by atoms with Gasteiger partial charge in [-0.3, -0.25) is 0 Å². The van der Waals surface area contributed by atoms with Crippen molar-refractivity contribution in [3.05, 3.63) is 53.9 Å². The molecule has 0 radical (unpaired) electrons. The van der Waals surface area contributed by atoms with Gasteiger partial charge in [0.25, 0.3) is 0 Å². The fraction of sp³-hybridized carbons (Fsp3) is 0.167. The second-order valence-corrected chi connectivity index (χ2v) is 3.83. The number of nitrogens with zero attached hydrogens (tertiary/aromatic N) is 3. The quantitative estimate of drug-likeness (QED) is 0.735. The number of fused-ring (bicyclic) bond motifs is 1. The van der Waals surface area contributed by atoms with E-state index in [1.54, 1.807) is 10.8 Å². The molecule has 0 aromatic carbocycles. The van der Waals surface area contributed by atoms with Gasteiger partial charge in [0, 0.05) is 12.7 Å². The summed E-state index contributed by atoms with van der Waals surface area (Å²) in [6, 6.07) is 7.66. The molecule has 5 nitrogen and oxygen atoms in total. The zero-order chi connectivity index (χ0) is 11.7. The maximum absolute atomic E-state index is 5.58. The Labute approximate surface area is 97.9 Å². The fourth-order valence-electron chi connectivity index (χ4n) is 1.74. The Morgan fingerprint density at radius 3 is 3.06 bits per heavy atom. The van der Waals surface area contributed by atoms with Crippen LogP contribution in [-0.4, -0.2) is 14.6 Å². The van der Waals surface area contributed by atoms with Crippen LogP contribution in [0.1, 0.15) is 17.1 Å². The Bertz CT molecular complexity index is 627. The van der Waals surface area contributed by atoms with Crippen LogP contribution in [0.3, 0.4) is 0 Å². The van der Waals surface area contributed by atoms with Crippen LogP contribution in [-0.2, 0) is 13.0 Å². The highest BCUT2D eigenvalue weighted by molar-refractivity contribution is 5.40. The van der Waals surface area contributed by atoms with E-state index in [9.17, 15) is 0 Å². The van der Waals surface area contributed by atoms with E-state index in [2.05, 4.69) is 10.1 Å². The number of pyridine rings is 1. The van der Waals surface area contributed by atoms with Crippen LogP contribution in [0.5, 0.6) is 0 Å². The summed E-state index contributed by atoms with van der Waals surface area (Å²) in [6.07, 6.45) is 4.13. The maximum Gasteiger partial charge on any atom is 0.159 e. The monoisotopic (exact) mass is 228 g/mol. The van der Waals surface area contributed by atoms with Gasteiger partial charge in [0.15, 0.2) is 11.5 Å². The van der Waals surface area contributed by atoms with E-state index < -0.39 is 0 Å². The van der Waals surface area contributed by atoms with Gasteiger partial charge in [-0.1, -0.05) is 0 Å². The zero-order valence-corrected chi connectivity index (χ0v) is 9.21. The Morgan fingerprint density at radius 2 is 2.29 bits per heavy atom. The van der Waals surface area contributed by atoms with Crippen molar-refractivity contribution >= 4 is 5.65 Å². The number of furan rings is 1. The minimum absolute atomic E-state index is 0.511. The molecular weight excluding hydrogens is 216 g/mol. The summed E-state index contributed by atoms with van der Waals surface area (Å²) in [5.74, 6) is 1.61. The van der Waals surface area contributed by atoms with Crippen molar-refractivity contribution in [2.75, 3.05) is 0 Å². The van der Waals surface area contributed by atoms with Gasteiger partial charge >= 0.3 is 0 Å². The highest BCUT2D eigenvalue weighted by atomic mass is 16.3. The summed E-state index contributed by atoms with van der Waals surface area (Å²) < 4.78 is 7.02. The smallest absolute Gasteiger partial charge is 0.159 e. The van der Waals surface area contributed by atoms with Gasteiger partial charge < -0.3 is 10.2 Å². The van der Waals surface area contributed by atoms with Crippen LogP contribution >= 0.6 is 0 Å². The number of nitrogens with two attached hydrogens (primary N) is 1. The van der Waals surface area contributed by atoms with Crippen molar-refractivity contribution in [1.29, 1.82) is 0 Å². The molecule has 0 aliphatic rings. The van der Waals surface area contributed by atoms with E-state index in [4.69, 9.17) is 10.2 Å². The predicted octanol–water partition coefficient (Wildman–Crippen LogP) is 1.37. The van der Waals surface area contributed by atoms with E-state index in [1.807, 2.05) is 30.5 Å². The Kier molecular flexibility index (Phi) is 2.38. The van der Waals surface area contributed by atoms with Gasteiger partial charge in [-0.25, -0.2) is 9.50 Å². The third kappa shape index (κ3) is 1.92. The topological polar surface area (TPSA) is 69.3 Å². The molecule has 0 unspecified atom stereocenters. The van der Waals surface area contributed by atoms with Crippen LogP contribution in [0.2, 0.25) is 0 Å². The first kappa shape index (κ1) is 10.0. The van der Waals surface area contributed by atoms with E-state index in [0.717, 1.165) is 22.8 Å². The summed E-state index contributed by atoms with van der Waals surface area (Å²) in [6.45, 7) is 0.511. The molecule has 0 amide bonds. The first-order valence-corrected chi connectivity index (χ1v) is 5.42. The second kappa shape index (κ2) is 4.03. The SMILES string of the molecule is NCc1ccn2nc(Cc3ccco3)nc2c1. The fourth-order valence-corrected chi connectivity index (χ4v) is 1.74. The first-order chi connectivity index (χ1) is 8.35. The molecule has 0 aliphatic carbocycles. The number of hydrogen-bond donors (Lipinski definition) is 1. The molecule has 0 saturated heterocycles. The Balaban J connectivity index is 1.96. The van der Waals surface area contributed by atoms with Gasteiger partial charge in [-0.2, -0.15) is 5.10 Å². The maximum atomic E-state index is 5.58. The molecule has 5 heteroatoms. The Morgan fingerprint density at radius 1 is 1.35 bits per heavy atom. The minimum Gasteiger partial charge on any atom is -0.469 e. The molecule has 3 rings (SSSR count). The second-order valence-electron chi connectivity index (χ2n) is 3.83. The van der Waals surface area contributed by atoms with E-state index in [0.29, 0.717) is 13.0 Å². The zero-order valence-electron chi connectivity index (χ0n) is 9.21. The lowest BCUT2D eigenvalue weighted by Gasteiger charge is -1.94. The third-order valence-corrected chi connectivity index (χ3v) is 2.59. The van der Waals surface area contributed by atoms with Crippen molar-refractivity contribution in [2.45, 2.75) is 13.0 Å². The molecule has 86 valence electrons. The molecule has 2 N–H and O–H groups in total. The lowest BCUT2D eigenvalue weighted by atomic mass is 10.3. The summed E-state index contributed by atoms with van der Waals surface area (Å²) in [5, 5.41) is 4.37. The van der Waals surface area contributed by atoms with Gasteiger partial charge in [0.1, 0.15) is 5.76 Å². The third-order valence-electron chi connectivity index (χ3n) is 2.59. The summed E-state index contributed by atoms with van der Waals surface area (Å²) >= 11 is 0. The summed E-state index contributed by atoms with van der Waals surface area (Å²) in [5.41, 5.74) is 7.45. The molecule has 0 saturated carbocycles. The summed E-state index contributed by atoms with van der Waals surface area (Å²) in [7, 11) is 0. The number of hydrogen-bond acceptors (Lipinski definition) is 4. The molecular formula is C12H12N4O. The molecule has 0 atom stereocenters. The normalized spacial score (nSPS) is 11.1. The molecule has 17 heavy (non-hydrogen) atoms. The number of aromatic nitrogens is 3. The average Bonchev–Trinajstić information content (AvgIpc) is 2.96. The molecule has 3 aromatic rings. The largest absolute Gasteiger partial charge is 0.469 e. The van der Waals surface area contributed by atoms with Crippen molar-refractivity contribution in [2.24, 2.45) is 5.73 Å². The molecule has 0 fully saturated rings. The first-order valence-electron chi connectivity index (χ1n) is 5.42. The van der Waals surface area contributed by atoms with Crippen molar-refractivity contribution in [3.63, 3.8) is 0 Å². The standard InChI is InChI=1S/C12H12N4O/c13-8-9-3-4-16-12(6-9)14-11(15-16)7-10-2-1-5-17-10/h1-6H,7-8,13H2. The van der Waals surface area contributed by atoms with Crippen LogP contribution in [0, 0.1) is 0 Å². The van der Waals surface area contributed by atoms with Gasteiger partial charge in [0.05, 0.1) is 12.7 Å². The lowest BCUT2D eigenvalue weighted by Crippen LogP contribution is -1.97. The average molecular weight is 228 g/mol. The molecule has 3 aromatic heterocycles. The van der Waals surface area contributed by atoms with Crippen LogP contribution in [0.25, 0.3) is 5.65 Å². The highest BCUT2D eigenvalue weighted by Gasteiger charge is 2.06. The molecule has 3 heterocycles. The van der Waals surface area contributed by atoms with Gasteiger partial charge in [-0.15, -0.1) is 0 Å². The van der Waals surface area contributed by atoms with E-state index in [-0.39, 0.29) is 0 Å². The minimum atomic E-state index is 0.511. The van der Waals surface area contributed by atoms with Crippen LogP contribution in [0.15, 0.2) is 41.1 Å². The van der Waals surface area contributed by atoms with Crippen molar-refractivity contribution in [3.8, 4) is 0 Å². The Hall–Kier alpha value is -2.14. The lowest BCUT2D eigenvalue weighted by molar-refractivity contribution is 0.517. The van der Waals surface area contributed by atoms with Crippen LogP contribution < -0.4 is 5.73 Å². The summed E-state index contributed by atoms with van der Waals surface area (Å²) in [4.78, 5) is 4.43. The van der Waals surface area contributed by atoms with Crippen molar-refractivity contribution < 1.29 is 4.42 Å². The predicted molar refractivity (Wildman–Crippen MR) is 62.4 cm³/mol. The van der Waals surface area contributed by atoms with Gasteiger partial charge in [-0.05, 0) is 29.8 Å². The van der Waals surface area contributed by atoms with Crippen molar-refractivity contribution in [1.82, 2.24) is 14.6 Å². The van der Waals surface area contributed by atoms with E-state index >= 15 is 0 Å². The van der Waals surface area contributed by atoms with Crippen LogP contribution in [0.4, 0.5) is 0 Å². The van der Waals surface area contributed by atoms with E-state index in [1.165, 1.54) is 0 Å². The molecule has 0 aliphatic heterocycles. The number of rotatable bonds is 3. The highest BCUT2D eigenvalue weighted by Crippen LogP contribution is 2.09.